The third-order valence-corrected chi connectivity index (χ3v) is 4.85. The van der Waals surface area contributed by atoms with Gasteiger partial charge >= 0.3 is 0 Å². The van der Waals surface area contributed by atoms with E-state index >= 15 is 0 Å². The zero-order valence-corrected chi connectivity index (χ0v) is 16.5. The van der Waals surface area contributed by atoms with Crippen molar-refractivity contribution in [2.75, 3.05) is 10.2 Å². The van der Waals surface area contributed by atoms with Gasteiger partial charge in [0, 0.05) is 16.8 Å². The predicted octanol–water partition coefficient (Wildman–Crippen LogP) is 4.59. The lowest BCUT2D eigenvalue weighted by atomic mass is 10.1. The minimum atomic E-state index is -0.333. The van der Waals surface area contributed by atoms with Crippen LogP contribution in [0.2, 0.25) is 0 Å². The lowest BCUT2D eigenvalue weighted by molar-refractivity contribution is -0.120. The third kappa shape index (κ3) is 4.05. The molecule has 1 heterocycles. The molecule has 3 aromatic carbocycles. The van der Waals surface area contributed by atoms with Crippen molar-refractivity contribution < 1.29 is 14.4 Å². The first kappa shape index (κ1) is 19.3. The van der Waals surface area contributed by atoms with Gasteiger partial charge in [0.05, 0.1) is 12.1 Å². The molecule has 148 valence electrons. The van der Waals surface area contributed by atoms with E-state index in [1.807, 2.05) is 37.3 Å². The number of rotatable bonds is 4. The number of imide groups is 1. The van der Waals surface area contributed by atoms with Crippen molar-refractivity contribution in [3.8, 4) is 0 Å². The Morgan fingerprint density at radius 1 is 0.933 bits per heavy atom. The van der Waals surface area contributed by atoms with Crippen molar-refractivity contribution in [1.29, 1.82) is 0 Å². The molecule has 0 unspecified atom stereocenters. The van der Waals surface area contributed by atoms with E-state index < -0.39 is 0 Å². The van der Waals surface area contributed by atoms with Crippen molar-refractivity contribution in [1.82, 2.24) is 0 Å². The highest BCUT2D eigenvalue weighted by atomic mass is 16.2. The average molecular weight is 396 g/mol. The molecule has 3 aromatic rings. The summed E-state index contributed by atoms with van der Waals surface area (Å²) in [6.07, 6.45) is 1.71. The topological polar surface area (TPSA) is 66.5 Å². The zero-order chi connectivity index (χ0) is 21.1. The molecule has 0 atom stereocenters. The van der Waals surface area contributed by atoms with E-state index in [9.17, 15) is 14.4 Å². The van der Waals surface area contributed by atoms with Crippen LogP contribution in [0.5, 0.6) is 0 Å². The summed E-state index contributed by atoms with van der Waals surface area (Å²) in [6.45, 7) is 1.96. The molecular formula is C25H20N2O3. The average Bonchev–Trinajstić information content (AvgIpc) is 3.02. The molecule has 0 spiro atoms. The molecule has 0 aromatic heterocycles. The third-order valence-electron chi connectivity index (χ3n) is 4.85. The smallest absolute Gasteiger partial charge is 0.261 e. The number of hydrogen-bond donors (Lipinski definition) is 1. The Bertz CT molecular complexity index is 1170. The second-order valence-electron chi connectivity index (χ2n) is 7.17. The fourth-order valence-corrected chi connectivity index (χ4v) is 3.42. The van der Waals surface area contributed by atoms with Gasteiger partial charge in [0.2, 0.25) is 5.91 Å². The minimum absolute atomic E-state index is 0.0352. The van der Waals surface area contributed by atoms with Gasteiger partial charge < -0.3 is 5.32 Å². The summed E-state index contributed by atoms with van der Waals surface area (Å²) in [7, 11) is 0. The second kappa shape index (κ2) is 8.17. The maximum absolute atomic E-state index is 12.8. The molecule has 4 rings (SSSR count). The maximum atomic E-state index is 12.8. The molecule has 0 aliphatic carbocycles. The number of carbonyl (C=O) groups excluding carboxylic acids is 3. The highest BCUT2D eigenvalue weighted by molar-refractivity contribution is 6.29. The van der Waals surface area contributed by atoms with E-state index in [1.165, 1.54) is 4.90 Å². The van der Waals surface area contributed by atoms with Crippen LogP contribution in [0.15, 0.2) is 84.4 Å². The summed E-state index contributed by atoms with van der Waals surface area (Å²) < 4.78 is 0. The fourth-order valence-electron chi connectivity index (χ4n) is 3.42. The van der Waals surface area contributed by atoms with Crippen LogP contribution >= 0.6 is 0 Å². The summed E-state index contributed by atoms with van der Waals surface area (Å²) in [5, 5.41) is 2.88. The van der Waals surface area contributed by atoms with E-state index in [4.69, 9.17) is 0 Å². The lowest BCUT2D eigenvalue weighted by Gasteiger charge is -2.12. The summed E-state index contributed by atoms with van der Waals surface area (Å²) in [6, 6.07) is 23.4. The minimum Gasteiger partial charge on any atom is -0.322 e. The van der Waals surface area contributed by atoms with E-state index in [2.05, 4.69) is 5.32 Å². The number of hydrogen-bond acceptors (Lipinski definition) is 3. The number of aryl methyl sites for hydroxylation is 1. The number of carbonyl (C=O) groups is 3. The lowest BCUT2D eigenvalue weighted by Crippen LogP contribution is -2.28. The second-order valence-corrected chi connectivity index (χ2v) is 7.17. The van der Waals surface area contributed by atoms with Gasteiger partial charge in [-0.25, -0.2) is 4.90 Å². The summed E-state index contributed by atoms with van der Waals surface area (Å²) in [4.78, 5) is 39.0. The van der Waals surface area contributed by atoms with Crippen LogP contribution < -0.4 is 10.2 Å². The number of para-hydroxylation sites is 1. The van der Waals surface area contributed by atoms with Crippen LogP contribution in [-0.4, -0.2) is 17.7 Å². The van der Waals surface area contributed by atoms with Gasteiger partial charge in [0.25, 0.3) is 11.8 Å². The van der Waals surface area contributed by atoms with E-state index in [0.717, 1.165) is 11.3 Å². The Kier molecular flexibility index (Phi) is 5.26. The highest BCUT2D eigenvalue weighted by Crippen LogP contribution is 2.27. The standard InChI is InChI=1S/C25H20N2O3/c1-17-7-5-10-21(13-17)26-24(29)19-9-6-8-18(14-19)15-20-16-23(28)27(25(20)30)22-11-3-2-4-12-22/h2-15H,16H2,1H3,(H,26,29)/b20-15+. The van der Waals surface area contributed by atoms with Gasteiger partial charge in [-0.2, -0.15) is 0 Å². The van der Waals surface area contributed by atoms with Crippen LogP contribution in [0.3, 0.4) is 0 Å². The molecular weight excluding hydrogens is 376 g/mol. The van der Waals surface area contributed by atoms with E-state index in [-0.39, 0.29) is 24.1 Å². The molecule has 0 bridgehead atoms. The summed E-state index contributed by atoms with van der Waals surface area (Å²) in [5.41, 5.74) is 3.90. The number of anilines is 2. The molecule has 30 heavy (non-hydrogen) atoms. The first-order chi connectivity index (χ1) is 14.5. The zero-order valence-electron chi connectivity index (χ0n) is 16.5. The van der Waals surface area contributed by atoms with Crippen molar-refractivity contribution in [3.63, 3.8) is 0 Å². The normalized spacial score (nSPS) is 15.0. The maximum Gasteiger partial charge on any atom is 0.261 e. The van der Waals surface area contributed by atoms with Crippen LogP contribution in [-0.2, 0) is 9.59 Å². The van der Waals surface area contributed by atoms with Crippen molar-refractivity contribution in [2.24, 2.45) is 0 Å². The van der Waals surface area contributed by atoms with E-state index in [0.29, 0.717) is 22.4 Å². The molecule has 0 saturated carbocycles. The van der Waals surface area contributed by atoms with Crippen molar-refractivity contribution >= 4 is 35.2 Å². The number of nitrogens with zero attached hydrogens (tertiary/aromatic N) is 1. The van der Waals surface area contributed by atoms with Gasteiger partial charge in [-0.1, -0.05) is 42.5 Å². The van der Waals surface area contributed by atoms with Gasteiger partial charge in [0.1, 0.15) is 0 Å². The van der Waals surface area contributed by atoms with E-state index in [1.54, 1.807) is 54.6 Å². The molecule has 1 fully saturated rings. The van der Waals surface area contributed by atoms with Crippen molar-refractivity contribution in [3.05, 3.63) is 101 Å². The number of benzene rings is 3. The van der Waals surface area contributed by atoms with Gasteiger partial charge in [0.15, 0.2) is 0 Å². The molecule has 1 aliphatic rings. The Balaban J connectivity index is 1.55. The van der Waals surface area contributed by atoms with Crippen LogP contribution in [0.1, 0.15) is 27.9 Å². The number of nitrogens with one attached hydrogen (secondary N) is 1. The van der Waals surface area contributed by atoms with Crippen LogP contribution in [0, 0.1) is 6.92 Å². The summed E-state index contributed by atoms with van der Waals surface area (Å²) >= 11 is 0. The van der Waals surface area contributed by atoms with Gasteiger partial charge in [-0.15, -0.1) is 0 Å². The van der Waals surface area contributed by atoms with Gasteiger partial charge in [-0.05, 0) is 60.5 Å². The largest absolute Gasteiger partial charge is 0.322 e. The highest BCUT2D eigenvalue weighted by Gasteiger charge is 2.34. The molecule has 0 radical (unpaired) electrons. The predicted molar refractivity (Wildman–Crippen MR) is 117 cm³/mol. The van der Waals surface area contributed by atoms with Crippen molar-refractivity contribution in [2.45, 2.75) is 13.3 Å². The Morgan fingerprint density at radius 3 is 2.47 bits per heavy atom. The van der Waals surface area contributed by atoms with Gasteiger partial charge in [-0.3, -0.25) is 14.4 Å². The molecule has 5 nitrogen and oxygen atoms in total. The first-order valence-electron chi connectivity index (χ1n) is 9.62. The molecule has 1 aliphatic heterocycles. The molecule has 1 N–H and O–H groups in total. The van der Waals surface area contributed by atoms with Crippen LogP contribution in [0.25, 0.3) is 6.08 Å². The van der Waals surface area contributed by atoms with Crippen LogP contribution in [0.4, 0.5) is 11.4 Å². The fraction of sp³-hybridized carbons (Fsp3) is 0.0800. The first-order valence-corrected chi connectivity index (χ1v) is 9.62. The summed E-state index contributed by atoms with van der Waals surface area (Å²) in [5.74, 6) is -0.827. The quantitative estimate of drug-likeness (QED) is 0.518. The Morgan fingerprint density at radius 2 is 1.70 bits per heavy atom. The Hall–Kier alpha value is -3.99. The monoisotopic (exact) mass is 396 g/mol. The molecule has 3 amide bonds. The molecule has 5 heteroatoms. The Labute approximate surface area is 174 Å². The SMILES string of the molecule is Cc1cccc(NC(=O)c2cccc(/C=C3\CC(=O)N(c4ccccc4)C3=O)c2)c1. The number of amides is 3. The molecule has 1 saturated heterocycles.